The van der Waals surface area contributed by atoms with Gasteiger partial charge >= 0.3 is 0 Å². The van der Waals surface area contributed by atoms with Gasteiger partial charge in [-0.15, -0.1) is 0 Å². The number of halogens is 1. The number of likely N-dealkylation sites (N-methyl/N-ethyl adjacent to an activating group) is 1. The van der Waals surface area contributed by atoms with Gasteiger partial charge in [0.05, 0.1) is 20.1 Å². The van der Waals surface area contributed by atoms with Gasteiger partial charge in [-0.25, -0.2) is 0 Å². The molecule has 0 aromatic heterocycles. The molecule has 5 saturated carbocycles. The van der Waals surface area contributed by atoms with Gasteiger partial charge < -0.3 is 38.3 Å². The van der Waals surface area contributed by atoms with Gasteiger partial charge in [0.2, 0.25) is 0 Å². The Kier molecular flexibility index (Phi) is 7.30. The van der Waals surface area contributed by atoms with Crippen LogP contribution in [-0.4, -0.2) is 49.0 Å². The molecular formula is C27H42INO2. The highest BCUT2D eigenvalue weighted by molar-refractivity contribution is 5.34. The molecule has 31 heavy (non-hydrogen) atoms. The Morgan fingerprint density at radius 1 is 0.935 bits per heavy atom. The summed E-state index contributed by atoms with van der Waals surface area (Å²) in [6.07, 6.45) is 15.0. The molecular weight excluding hydrogens is 497 g/mol. The quantitative estimate of drug-likeness (QED) is 0.426. The minimum Gasteiger partial charge on any atom is -1.00 e. The van der Waals surface area contributed by atoms with Crippen LogP contribution in [0.4, 0.5) is 0 Å². The van der Waals surface area contributed by atoms with Crippen molar-refractivity contribution in [2.75, 3.05) is 27.2 Å². The molecule has 1 aromatic rings. The van der Waals surface area contributed by atoms with E-state index in [4.69, 9.17) is 4.74 Å². The standard InChI is InChI=1S/C27H42NO2.HI/c1-28(2,24-6-4-3-5-7-24)18-25(29)19-30-26-10-8-23(9-11-26)27-15-20-12-21(16-27)14-22(13-20)17-27;/h8-11,20-22,24-25,29H,3-7,12-19H2,1-2H3;1H/q+1;/p-1. The van der Waals surface area contributed by atoms with Crippen molar-refractivity contribution in [1.82, 2.24) is 0 Å². The lowest BCUT2D eigenvalue weighted by Crippen LogP contribution is -3.00. The van der Waals surface area contributed by atoms with E-state index in [0.717, 1.165) is 34.5 Å². The highest BCUT2D eigenvalue weighted by atomic mass is 127. The first-order valence-corrected chi connectivity index (χ1v) is 12.7. The molecule has 4 heteroatoms. The molecule has 5 aliphatic carbocycles. The molecule has 3 nitrogen and oxygen atoms in total. The fourth-order valence-electron chi connectivity index (χ4n) is 8.09. The van der Waals surface area contributed by atoms with E-state index in [0.29, 0.717) is 18.1 Å². The van der Waals surface area contributed by atoms with Crippen LogP contribution in [0.2, 0.25) is 0 Å². The Balaban J connectivity index is 0.00000231. The van der Waals surface area contributed by atoms with Crippen molar-refractivity contribution in [3.8, 4) is 5.75 Å². The molecule has 174 valence electrons. The van der Waals surface area contributed by atoms with Gasteiger partial charge in [-0.3, -0.25) is 0 Å². The average molecular weight is 540 g/mol. The van der Waals surface area contributed by atoms with Crippen LogP contribution in [-0.2, 0) is 5.41 Å². The first-order valence-electron chi connectivity index (χ1n) is 12.7. The lowest BCUT2D eigenvalue weighted by Gasteiger charge is -2.57. The van der Waals surface area contributed by atoms with Crippen LogP contribution in [0.25, 0.3) is 0 Å². The van der Waals surface area contributed by atoms with E-state index < -0.39 is 6.10 Å². The number of hydrogen-bond donors (Lipinski definition) is 1. The minimum atomic E-state index is -0.412. The van der Waals surface area contributed by atoms with Crippen molar-refractivity contribution in [3.63, 3.8) is 0 Å². The van der Waals surface area contributed by atoms with E-state index in [2.05, 4.69) is 38.4 Å². The number of aliphatic hydroxyl groups excluding tert-OH is 1. The van der Waals surface area contributed by atoms with E-state index in [1.54, 1.807) is 5.56 Å². The maximum atomic E-state index is 10.6. The molecule has 4 bridgehead atoms. The summed E-state index contributed by atoms with van der Waals surface area (Å²) >= 11 is 0. The number of rotatable bonds is 7. The number of aliphatic hydroxyl groups is 1. The smallest absolute Gasteiger partial charge is 0.137 e. The summed E-state index contributed by atoms with van der Waals surface area (Å²) in [6.45, 7) is 1.17. The molecule has 5 fully saturated rings. The lowest BCUT2D eigenvalue weighted by molar-refractivity contribution is -0.919. The van der Waals surface area contributed by atoms with Crippen molar-refractivity contribution >= 4 is 0 Å². The largest absolute Gasteiger partial charge is 1.00 e. The molecule has 6 rings (SSSR count). The zero-order chi connectivity index (χ0) is 20.8. The van der Waals surface area contributed by atoms with E-state index in [1.807, 2.05) is 0 Å². The molecule has 0 amide bonds. The normalized spacial score (nSPS) is 33.7. The predicted molar refractivity (Wildman–Crippen MR) is 122 cm³/mol. The van der Waals surface area contributed by atoms with Crippen LogP contribution in [0, 0.1) is 17.8 Å². The van der Waals surface area contributed by atoms with Crippen LogP contribution in [0.1, 0.15) is 76.2 Å². The monoisotopic (exact) mass is 539 g/mol. The third-order valence-corrected chi connectivity index (χ3v) is 9.19. The third kappa shape index (κ3) is 5.11. The maximum Gasteiger partial charge on any atom is 0.137 e. The fraction of sp³-hybridized carbons (Fsp3) is 0.778. The summed E-state index contributed by atoms with van der Waals surface area (Å²) in [7, 11) is 4.55. The van der Waals surface area contributed by atoms with Gasteiger partial charge in [0.15, 0.2) is 0 Å². The van der Waals surface area contributed by atoms with Crippen LogP contribution in [0.5, 0.6) is 5.75 Å². The van der Waals surface area contributed by atoms with Gasteiger partial charge in [-0.2, -0.15) is 0 Å². The summed E-state index contributed by atoms with van der Waals surface area (Å²) in [6, 6.07) is 9.66. The van der Waals surface area contributed by atoms with Crippen molar-refractivity contribution < 1.29 is 38.3 Å². The molecule has 0 radical (unpaired) electrons. The summed E-state index contributed by atoms with van der Waals surface area (Å²) in [5, 5.41) is 10.6. The molecule has 0 aliphatic heterocycles. The van der Waals surface area contributed by atoms with Crippen LogP contribution >= 0.6 is 0 Å². The maximum absolute atomic E-state index is 10.6. The van der Waals surface area contributed by atoms with Crippen molar-refractivity contribution in [1.29, 1.82) is 0 Å². The average Bonchev–Trinajstić information content (AvgIpc) is 2.72. The summed E-state index contributed by atoms with van der Waals surface area (Å²) in [4.78, 5) is 0. The third-order valence-electron chi connectivity index (χ3n) is 9.19. The first-order chi connectivity index (χ1) is 14.4. The van der Waals surface area contributed by atoms with E-state index in [-0.39, 0.29) is 24.0 Å². The second-order valence-corrected chi connectivity index (χ2v) is 11.9. The number of hydrogen-bond acceptors (Lipinski definition) is 2. The Hall–Kier alpha value is -0.330. The molecule has 1 unspecified atom stereocenters. The minimum absolute atomic E-state index is 0. The number of ether oxygens (including phenoxy) is 1. The Labute approximate surface area is 206 Å². The lowest BCUT2D eigenvalue weighted by atomic mass is 9.48. The zero-order valence-corrected chi connectivity index (χ0v) is 21.7. The van der Waals surface area contributed by atoms with Crippen molar-refractivity contribution in [2.45, 2.75) is 88.2 Å². The zero-order valence-electron chi connectivity index (χ0n) is 19.6. The topological polar surface area (TPSA) is 29.5 Å². The second-order valence-electron chi connectivity index (χ2n) is 11.9. The number of quaternary nitrogens is 1. The van der Waals surface area contributed by atoms with Gasteiger partial charge in [0, 0.05) is 0 Å². The number of benzene rings is 1. The predicted octanol–water partition coefficient (Wildman–Crippen LogP) is 2.31. The molecule has 0 saturated heterocycles. The van der Waals surface area contributed by atoms with Crippen LogP contribution in [0.3, 0.4) is 0 Å². The summed E-state index contributed by atoms with van der Waals surface area (Å²) in [5.41, 5.74) is 2.00. The molecule has 5 aliphatic rings. The fourth-order valence-corrected chi connectivity index (χ4v) is 8.09. The number of nitrogens with zero attached hydrogens (tertiary/aromatic N) is 1. The summed E-state index contributed by atoms with van der Waals surface area (Å²) in [5.74, 6) is 3.85. The van der Waals surface area contributed by atoms with Crippen LogP contribution in [0.15, 0.2) is 24.3 Å². The van der Waals surface area contributed by atoms with Gasteiger partial charge in [-0.05, 0) is 105 Å². The molecule has 0 spiro atoms. The second kappa shape index (κ2) is 9.50. The highest BCUT2D eigenvalue weighted by Gasteiger charge is 2.51. The van der Waals surface area contributed by atoms with Crippen LogP contribution < -0.4 is 28.7 Å². The van der Waals surface area contributed by atoms with Gasteiger partial charge in [-0.1, -0.05) is 18.6 Å². The molecule has 1 aromatic carbocycles. The van der Waals surface area contributed by atoms with E-state index in [9.17, 15) is 5.11 Å². The highest BCUT2D eigenvalue weighted by Crippen LogP contribution is 2.60. The first kappa shape index (κ1) is 23.8. The van der Waals surface area contributed by atoms with E-state index in [1.165, 1.54) is 70.6 Å². The van der Waals surface area contributed by atoms with E-state index >= 15 is 0 Å². The van der Waals surface area contributed by atoms with Gasteiger partial charge in [0.25, 0.3) is 0 Å². The van der Waals surface area contributed by atoms with Crippen molar-refractivity contribution in [2.24, 2.45) is 17.8 Å². The van der Waals surface area contributed by atoms with Crippen molar-refractivity contribution in [3.05, 3.63) is 29.8 Å². The summed E-state index contributed by atoms with van der Waals surface area (Å²) < 4.78 is 6.93. The van der Waals surface area contributed by atoms with Gasteiger partial charge in [0.1, 0.15) is 25.0 Å². The Morgan fingerprint density at radius 2 is 1.48 bits per heavy atom. The molecule has 1 N–H and O–H groups in total. The molecule has 0 heterocycles. The molecule has 1 atom stereocenters. The SMILES string of the molecule is C[N+](C)(CC(O)COc1ccc(C23CC4CC(CC(C4)C2)C3)cc1)C1CCCCC1.[I-]. The Morgan fingerprint density at radius 3 is 2.03 bits per heavy atom. The Bertz CT molecular complexity index is 690.